The Labute approximate surface area is 199 Å². The minimum atomic E-state index is -0.742. The Morgan fingerprint density at radius 2 is 1.53 bits per heavy atom. The highest BCUT2D eigenvalue weighted by Crippen LogP contribution is 2.27. The second kappa shape index (κ2) is 9.14. The van der Waals surface area contributed by atoms with Crippen LogP contribution < -0.4 is 10.2 Å². The number of imide groups is 2. The van der Waals surface area contributed by atoms with Crippen LogP contribution in [0.25, 0.3) is 11.8 Å². The molecular formula is C28H29N3O3. The molecule has 1 saturated heterocycles. The maximum absolute atomic E-state index is 13.3. The Morgan fingerprint density at radius 1 is 0.912 bits per heavy atom. The first-order chi connectivity index (χ1) is 16.2. The largest absolute Gasteiger partial charge is 0.335 e. The van der Waals surface area contributed by atoms with Gasteiger partial charge in [0.2, 0.25) is 0 Å². The van der Waals surface area contributed by atoms with Crippen molar-refractivity contribution >= 4 is 29.6 Å². The molecule has 2 aromatic carbocycles. The van der Waals surface area contributed by atoms with Crippen LogP contribution in [0.5, 0.6) is 0 Å². The Kier molecular flexibility index (Phi) is 6.24. The molecule has 1 aliphatic rings. The van der Waals surface area contributed by atoms with Gasteiger partial charge in [0.15, 0.2) is 0 Å². The summed E-state index contributed by atoms with van der Waals surface area (Å²) in [6, 6.07) is 16.7. The number of nitrogens with one attached hydrogen (secondary N) is 1. The molecule has 174 valence electrons. The second-order valence-corrected chi connectivity index (χ2v) is 8.86. The van der Waals surface area contributed by atoms with Crippen molar-refractivity contribution in [1.29, 1.82) is 0 Å². The molecular weight excluding hydrogens is 426 g/mol. The number of hydrogen-bond donors (Lipinski definition) is 1. The van der Waals surface area contributed by atoms with Crippen molar-refractivity contribution < 1.29 is 14.4 Å². The van der Waals surface area contributed by atoms with E-state index in [-0.39, 0.29) is 5.57 Å². The van der Waals surface area contributed by atoms with E-state index in [4.69, 9.17) is 0 Å². The number of benzene rings is 2. The van der Waals surface area contributed by atoms with E-state index in [1.165, 1.54) is 5.56 Å². The predicted octanol–water partition coefficient (Wildman–Crippen LogP) is 5.58. The fraction of sp³-hybridized carbons (Fsp3) is 0.250. The first kappa shape index (κ1) is 23.2. The number of barbiturate groups is 1. The van der Waals surface area contributed by atoms with E-state index in [1.807, 2.05) is 63.2 Å². The maximum Gasteiger partial charge on any atom is 0.335 e. The standard InChI is InChI=1S/C28H29N3O3/c1-6-18(3)21-9-13-24(14-10-21)31-27(33)25(26(32)29-28(31)34)16-22-15-19(4)30(20(22)5)23-11-7-17(2)8-12-23/h7-16,18H,6H2,1-5H3,(H,29,32,34). The lowest BCUT2D eigenvalue weighted by molar-refractivity contribution is -0.122. The van der Waals surface area contributed by atoms with Gasteiger partial charge in [-0.2, -0.15) is 0 Å². The number of carbonyl (C=O) groups excluding carboxylic acids is 3. The summed E-state index contributed by atoms with van der Waals surface area (Å²) in [5.41, 5.74) is 6.28. The molecule has 3 aromatic rings. The summed E-state index contributed by atoms with van der Waals surface area (Å²) in [6.45, 7) is 10.2. The summed E-state index contributed by atoms with van der Waals surface area (Å²) in [7, 11) is 0. The number of carbonyl (C=O) groups is 3. The minimum Gasteiger partial charge on any atom is -0.318 e. The Morgan fingerprint density at radius 3 is 2.15 bits per heavy atom. The van der Waals surface area contributed by atoms with Crippen LogP contribution in [0, 0.1) is 20.8 Å². The second-order valence-electron chi connectivity index (χ2n) is 8.86. The average Bonchev–Trinajstić information content (AvgIpc) is 3.09. The topological polar surface area (TPSA) is 71.4 Å². The number of aryl methyl sites for hydroxylation is 2. The van der Waals surface area contributed by atoms with Crippen molar-refractivity contribution in [3.63, 3.8) is 0 Å². The van der Waals surface area contributed by atoms with E-state index in [2.05, 4.69) is 23.7 Å². The molecule has 0 radical (unpaired) electrons. The van der Waals surface area contributed by atoms with E-state index >= 15 is 0 Å². The lowest BCUT2D eigenvalue weighted by atomic mass is 9.98. The van der Waals surface area contributed by atoms with Crippen molar-refractivity contribution in [1.82, 2.24) is 9.88 Å². The van der Waals surface area contributed by atoms with Crippen molar-refractivity contribution in [3.8, 4) is 5.69 Å². The lowest BCUT2D eigenvalue weighted by Crippen LogP contribution is -2.54. The molecule has 4 rings (SSSR count). The first-order valence-electron chi connectivity index (χ1n) is 11.5. The van der Waals surface area contributed by atoms with Crippen LogP contribution in [0.2, 0.25) is 0 Å². The number of amides is 4. The number of urea groups is 1. The van der Waals surface area contributed by atoms with Gasteiger partial charge in [0, 0.05) is 17.1 Å². The Balaban J connectivity index is 1.70. The SMILES string of the molecule is CCC(C)c1ccc(N2C(=O)NC(=O)C(=Cc3cc(C)n(-c4ccc(C)cc4)c3C)C2=O)cc1. The van der Waals surface area contributed by atoms with Crippen LogP contribution in [-0.4, -0.2) is 22.4 Å². The Bertz CT molecular complexity index is 1300. The molecule has 34 heavy (non-hydrogen) atoms. The van der Waals surface area contributed by atoms with Crippen molar-refractivity contribution in [2.45, 2.75) is 47.0 Å². The van der Waals surface area contributed by atoms with Crippen LogP contribution in [0.3, 0.4) is 0 Å². The molecule has 6 nitrogen and oxygen atoms in total. The third-order valence-electron chi connectivity index (χ3n) is 6.50. The fourth-order valence-corrected chi connectivity index (χ4v) is 4.26. The van der Waals surface area contributed by atoms with Gasteiger partial charge in [0.05, 0.1) is 5.69 Å². The van der Waals surface area contributed by atoms with Gasteiger partial charge >= 0.3 is 6.03 Å². The quantitative estimate of drug-likeness (QED) is 0.403. The smallest absolute Gasteiger partial charge is 0.318 e. The van der Waals surface area contributed by atoms with Crippen LogP contribution in [0.4, 0.5) is 10.5 Å². The van der Waals surface area contributed by atoms with Gasteiger partial charge in [-0.1, -0.05) is 43.7 Å². The zero-order chi connectivity index (χ0) is 24.6. The highest BCUT2D eigenvalue weighted by molar-refractivity contribution is 6.39. The molecule has 0 saturated carbocycles. The number of nitrogens with zero attached hydrogens (tertiary/aromatic N) is 2. The van der Waals surface area contributed by atoms with Gasteiger partial charge < -0.3 is 4.57 Å². The molecule has 0 aliphatic carbocycles. The summed E-state index contributed by atoms with van der Waals surface area (Å²) in [6.07, 6.45) is 2.56. The van der Waals surface area contributed by atoms with Crippen molar-refractivity contribution in [2.75, 3.05) is 4.90 Å². The zero-order valence-electron chi connectivity index (χ0n) is 20.2. The third kappa shape index (κ3) is 4.19. The molecule has 0 bridgehead atoms. The minimum absolute atomic E-state index is 0.0743. The van der Waals surface area contributed by atoms with Gasteiger partial charge in [0.25, 0.3) is 11.8 Å². The third-order valence-corrected chi connectivity index (χ3v) is 6.50. The summed E-state index contributed by atoms with van der Waals surface area (Å²) in [4.78, 5) is 39.5. The van der Waals surface area contributed by atoms with E-state index in [0.717, 1.165) is 39.5 Å². The first-order valence-corrected chi connectivity index (χ1v) is 11.5. The van der Waals surface area contributed by atoms with Gasteiger partial charge in [0.1, 0.15) is 5.57 Å². The fourth-order valence-electron chi connectivity index (χ4n) is 4.26. The van der Waals surface area contributed by atoms with Crippen LogP contribution in [-0.2, 0) is 9.59 Å². The van der Waals surface area contributed by atoms with Crippen LogP contribution in [0.1, 0.15) is 54.3 Å². The summed E-state index contributed by atoms with van der Waals surface area (Å²) < 4.78 is 2.08. The lowest BCUT2D eigenvalue weighted by Gasteiger charge is -2.26. The van der Waals surface area contributed by atoms with Crippen LogP contribution in [0.15, 0.2) is 60.2 Å². The van der Waals surface area contributed by atoms with Crippen LogP contribution >= 0.6 is 0 Å². The molecule has 1 aliphatic heterocycles. The molecule has 1 aromatic heterocycles. The number of anilines is 1. The molecule has 2 heterocycles. The average molecular weight is 456 g/mol. The Hall–Kier alpha value is -3.93. The highest BCUT2D eigenvalue weighted by atomic mass is 16.2. The normalized spacial score (nSPS) is 16.2. The van der Waals surface area contributed by atoms with Gasteiger partial charge in [-0.15, -0.1) is 0 Å². The maximum atomic E-state index is 13.3. The number of hydrogen-bond acceptors (Lipinski definition) is 3. The molecule has 1 atom stereocenters. The molecule has 1 fully saturated rings. The predicted molar refractivity (Wildman–Crippen MR) is 134 cm³/mol. The summed E-state index contributed by atoms with van der Waals surface area (Å²) in [5, 5.41) is 2.31. The molecule has 4 amide bonds. The number of aromatic nitrogens is 1. The van der Waals surface area contributed by atoms with E-state index < -0.39 is 17.8 Å². The van der Waals surface area contributed by atoms with Crippen molar-refractivity contribution in [2.24, 2.45) is 0 Å². The molecule has 1 unspecified atom stereocenters. The molecule has 1 N–H and O–H groups in total. The van der Waals surface area contributed by atoms with E-state index in [9.17, 15) is 14.4 Å². The highest BCUT2D eigenvalue weighted by Gasteiger charge is 2.37. The summed E-state index contributed by atoms with van der Waals surface area (Å²) in [5.74, 6) is -0.950. The summed E-state index contributed by atoms with van der Waals surface area (Å²) >= 11 is 0. The molecule has 0 spiro atoms. The van der Waals surface area contributed by atoms with Gasteiger partial charge in [-0.3, -0.25) is 14.9 Å². The monoisotopic (exact) mass is 455 g/mol. The molecule has 6 heteroatoms. The van der Waals surface area contributed by atoms with Gasteiger partial charge in [-0.25, -0.2) is 9.69 Å². The number of rotatable bonds is 5. The van der Waals surface area contributed by atoms with Gasteiger partial charge in [-0.05, 0) is 80.6 Å². The zero-order valence-corrected chi connectivity index (χ0v) is 20.2. The van der Waals surface area contributed by atoms with E-state index in [1.54, 1.807) is 18.2 Å². The van der Waals surface area contributed by atoms with Crippen molar-refractivity contribution in [3.05, 3.63) is 88.2 Å². The van der Waals surface area contributed by atoms with E-state index in [0.29, 0.717) is 11.6 Å².